The van der Waals surface area contributed by atoms with Gasteiger partial charge in [0.15, 0.2) is 5.65 Å². The molecule has 0 radical (unpaired) electrons. The molecule has 0 saturated carbocycles. The zero-order valence-corrected chi connectivity index (χ0v) is 11.8. The van der Waals surface area contributed by atoms with Gasteiger partial charge in [0.05, 0.1) is 24.6 Å². The average molecular weight is 299 g/mol. The van der Waals surface area contributed by atoms with E-state index in [2.05, 4.69) is 26.8 Å². The quantitative estimate of drug-likeness (QED) is 0.598. The van der Waals surface area contributed by atoms with Crippen LogP contribution in [0.3, 0.4) is 0 Å². The number of hydrogen-bond donors (Lipinski definition) is 0. The summed E-state index contributed by atoms with van der Waals surface area (Å²) in [6, 6.07) is 3.84. The van der Waals surface area contributed by atoms with Crippen LogP contribution in [0.15, 0.2) is 12.1 Å². The van der Waals surface area contributed by atoms with Gasteiger partial charge in [0.25, 0.3) is 0 Å². The van der Waals surface area contributed by atoms with E-state index in [1.54, 1.807) is 6.07 Å². The largest absolute Gasteiger partial charge is 0.377 e. The molecule has 3 heterocycles. The first-order valence-electron chi connectivity index (χ1n) is 5.99. The van der Waals surface area contributed by atoms with Gasteiger partial charge in [-0.15, -0.1) is 0 Å². The third kappa shape index (κ3) is 2.45. The predicted octanol–water partition coefficient (Wildman–Crippen LogP) is 2.56. The van der Waals surface area contributed by atoms with Crippen LogP contribution in [0.4, 0.5) is 5.82 Å². The van der Waals surface area contributed by atoms with Gasteiger partial charge in [-0.3, -0.25) is 0 Å². The predicted molar refractivity (Wildman–Crippen MR) is 75.0 cm³/mol. The number of halogens is 2. The smallest absolute Gasteiger partial charge is 0.226 e. The van der Waals surface area contributed by atoms with E-state index in [0.717, 1.165) is 17.7 Å². The minimum Gasteiger partial charge on any atom is -0.377 e. The highest BCUT2D eigenvalue weighted by Crippen LogP contribution is 2.27. The second kappa shape index (κ2) is 5.07. The molecule has 1 fully saturated rings. The van der Waals surface area contributed by atoms with Gasteiger partial charge in [0.1, 0.15) is 11.0 Å². The van der Waals surface area contributed by atoms with Crippen LogP contribution in [0.25, 0.3) is 11.0 Å². The van der Waals surface area contributed by atoms with Gasteiger partial charge in [0, 0.05) is 6.54 Å². The minimum atomic E-state index is 0.177. The summed E-state index contributed by atoms with van der Waals surface area (Å²) in [7, 11) is 0. The molecule has 2 aromatic rings. The minimum absolute atomic E-state index is 0.177. The van der Waals surface area contributed by atoms with Crippen LogP contribution in [0.5, 0.6) is 0 Å². The lowest BCUT2D eigenvalue weighted by Crippen LogP contribution is -2.44. The molecule has 1 aliphatic rings. The van der Waals surface area contributed by atoms with Crippen molar-refractivity contribution in [3.05, 3.63) is 22.6 Å². The van der Waals surface area contributed by atoms with Crippen LogP contribution in [0, 0.1) is 0 Å². The first kappa shape index (κ1) is 12.8. The Morgan fingerprint density at radius 3 is 2.89 bits per heavy atom. The maximum atomic E-state index is 5.98. The fourth-order valence-corrected chi connectivity index (χ4v) is 2.51. The number of aromatic nitrogens is 3. The monoisotopic (exact) mass is 298 g/mol. The molecule has 1 aliphatic heterocycles. The second-order valence-corrected chi connectivity index (χ2v) is 5.16. The van der Waals surface area contributed by atoms with Crippen molar-refractivity contribution in [3.63, 3.8) is 0 Å². The fourth-order valence-electron chi connectivity index (χ4n) is 2.21. The molecule has 3 rings (SSSR count). The van der Waals surface area contributed by atoms with E-state index in [-0.39, 0.29) is 11.3 Å². The number of rotatable bonds is 1. The van der Waals surface area contributed by atoms with Crippen molar-refractivity contribution in [2.45, 2.75) is 13.0 Å². The van der Waals surface area contributed by atoms with Crippen molar-refractivity contribution in [2.75, 3.05) is 24.7 Å². The normalized spacial score (nSPS) is 19.9. The molecule has 0 N–H and O–H groups in total. The van der Waals surface area contributed by atoms with Crippen LogP contribution < -0.4 is 4.90 Å². The van der Waals surface area contributed by atoms with Crippen molar-refractivity contribution in [2.24, 2.45) is 0 Å². The summed E-state index contributed by atoms with van der Waals surface area (Å²) in [5.74, 6) is 0.787. The van der Waals surface area contributed by atoms with E-state index in [1.165, 1.54) is 0 Å². The molecule has 0 aliphatic carbocycles. The molecule has 19 heavy (non-hydrogen) atoms. The zero-order chi connectivity index (χ0) is 13.4. The van der Waals surface area contributed by atoms with E-state index < -0.39 is 0 Å². The van der Waals surface area contributed by atoms with Crippen molar-refractivity contribution in [1.29, 1.82) is 0 Å². The van der Waals surface area contributed by atoms with E-state index in [4.69, 9.17) is 27.9 Å². The number of hydrogen-bond acceptors (Lipinski definition) is 5. The summed E-state index contributed by atoms with van der Waals surface area (Å²) in [6.07, 6.45) is 0. The molecule has 0 aromatic carbocycles. The van der Waals surface area contributed by atoms with E-state index >= 15 is 0 Å². The Morgan fingerprint density at radius 2 is 2.11 bits per heavy atom. The van der Waals surface area contributed by atoms with Gasteiger partial charge < -0.3 is 9.64 Å². The Balaban J connectivity index is 2.16. The van der Waals surface area contributed by atoms with Crippen molar-refractivity contribution < 1.29 is 4.74 Å². The van der Waals surface area contributed by atoms with Gasteiger partial charge in [0.2, 0.25) is 5.28 Å². The molecule has 100 valence electrons. The first-order valence-corrected chi connectivity index (χ1v) is 6.75. The Kier molecular flexibility index (Phi) is 3.43. The first-order chi connectivity index (χ1) is 9.15. The van der Waals surface area contributed by atoms with Gasteiger partial charge in [-0.2, -0.15) is 9.97 Å². The SMILES string of the molecule is C[C@H]1COCCN1c1nc(Cl)nc2nc(Cl)ccc12. The van der Waals surface area contributed by atoms with Crippen molar-refractivity contribution in [3.8, 4) is 0 Å². The molecule has 0 spiro atoms. The number of nitrogens with zero attached hydrogens (tertiary/aromatic N) is 4. The standard InChI is InChI=1S/C12H12Cl2N4O/c1-7-6-19-5-4-18(7)11-8-2-3-9(13)15-10(8)16-12(14)17-11/h2-3,7H,4-6H2,1H3/t7-/m0/s1. The molecule has 1 atom stereocenters. The Bertz CT molecular complexity index is 617. The zero-order valence-electron chi connectivity index (χ0n) is 10.3. The highest BCUT2D eigenvalue weighted by Gasteiger charge is 2.23. The van der Waals surface area contributed by atoms with Crippen LogP contribution in [0.2, 0.25) is 10.4 Å². The van der Waals surface area contributed by atoms with Gasteiger partial charge in [-0.1, -0.05) is 11.6 Å². The molecule has 7 heteroatoms. The molecule has 0 amide bonds. The van der Waals surface area contributed by atoms with Crippen LogP contribution in [0.1, 0.15) is 6.92 Å². The highest BCUT2D eigenvalue weighted by molar-refractivity contribution is 6.30. The lowest BCUT2D eigenvalue weighted by Gasteiger charge is -2.34. The van der Waals surface area contributed by atoms with E-state index in [1.807, 2.05) is 6.07 Å². The highest BCUT2D eigenvalue weighted by atomic mass is 35.5. The summed E-state index contributed by atoms with van der Waals surface area (Å²) in [5, 5.41) is 1.42. The maximum Gasteiger partial charge on any atom is 0.226 e. The summed E-state index contributed by atoms with van der Waals surface area (Å²) < 4.78 is 5.44. The summed E-state index contributed by atoms with van der Waals surface area (Å²) in [6.45, 7) is 4.20. The van der Waals surface area contributed by atoms with Gasteiger partial charge in [-0.05, 0) is 30.7 Å². The Morgan fingerprint density at radius 1 is 1.26 bits per heavy atom. The molecule has 1 saturated heterocycles. The topological polar surface area (TPSA) is 51.1 Å². The Labute approximate surface area is 120 Å². The third-order valence-corrected chi connectivity index (χ3v) is 3.50. The number of fused-ring (bicyclic) bond motifs is 1. The summed E-state index contributed by atoms with van der Waals surface area (Å²) in [4.78, 5) is 14.8. The molecule has 0 unspecified atom stereocenters. The average Bonchev–Trinajstić information content (AvgIpc) is 2.38. The number of pyridine rings is 1. The lowest BCUT2D eigenvalue weighted by atomic mass is 10.2. The van der Waals surface area contributed by atoms with Crippen LogP contribution in [-0.4, -0.2) is 40.8 Å². The van der Waals surface area contributed by atoms with E-state index in [0.29, 0.717) is 24.0 Å². The van der Waals surface area contributed by atoms with Gasteiger partial charge >= 0.3 is 0 Å². The van der Waals surface area contributed by atoms with Crippen LogP contribution in [-0.2, 0) is 4.74 Å². The number of morpholine rings is 1. The van der Waals surface area contributed by atoms with Gasteiger partial charge in [-0.25, -0.2) is 4.98 Å². The van der Waals surface area contributed by atoms with Crippen molar-refractivity contribution >= 4 is 40.1 Å². The lowest BCUT2D eigenvalue weighted by molar-refractivity contribution is 0.0987. The van der Waals surface area contributed by atoms with Crippen LogP contribution >= 0.6 is 23.2 Å². The Hall–Kier alpha value is -1.17. The van der Waals surface area contributed by atoms with Crippen molar-refractivity contribution in [1.82, 2.24) is 15.0 Å². The fraction of sp³-hybridized carbons (Fsp3) is 0.417. The molecular formula is C12H12Cl2N4O. The number of ether oxygens (including phenoxy) is 1. The molecular weight excluding hydrogens is 287 g/mol. The summed E-state index contributed by atoms with van der Waals surface area (Å²) in [5.41, 5.74) is 0.515. The molecule has 5 nitrogen and oxygen atoms in total. The molecule has 2 aromatic heterocycles. The third-order valence-electron chi connectivity index (χ3n) is 3.12. The number of anilines is 1. The molecule has 0 bridgehead atoms. The maximum absolute atomic E-state index is 5.98. The van der Waals surface area contributed by atoms with E-state index in [9.17, 15) is 0 Å². The summed E-state index contributed by atoms with van der Waals surface area (Å²) >= 11 is 11.9. The second-order valence-electron chi connectivity index (χ2n) is 4.44.